The Morgan fingerprint density at radius 3 is 2.81 bits per heavy atom. The number of piperidine rings is 1. The number of rotatable bonds is 7. The average molecular weight is 356 g/mol. The predicted octanol–water partition coefficient (Wildman–Crippen LogP) is 2.27. The maximum Gasteiger partial charge on any atom is 0.255 e. The molecular weight excluding hydrogens is 332 g/mol. The first kappa shape index (κ1) is 18.4. The van der Waals surface area contributed by atoms with E-state index < -0.39 is 0 Å². The minimum atomic E-state index is -0.0515. The van der Waals surface area contributed by atoms with Crippen molar-refractivity contribution in [1.29, 1.82) is 0 Å². The van der Waals surface area contributed by atoms with E-state index in [9.17, 15) is 4.79 Å². The van der Waals surface area contributed by atoms with E-state index in [-0.39, 0.29) is 18.6 Å². The number of benzene rings is 1. The lowest BCUT2D eigenvalue weighted by molar-refractivity contribution is -0.0110. The molecule has 1 amide bonds. The third-order valence-electron chi connectivity index (χ3n) is 4.32. The number of nitrogens with zero attached hydrogens (tertiary/aromatic N) is 2. The van der Waals surface area contributed by atoms with Gasteiger partial charge in [-0.2, -0.15) is 0 Å². The molecule has 0 aliphatic carbocycles. The summed E-state index contributed by atoms with van der Waals surface area (Å²) < 4.78 is 11.2. The molecule has 1 aromatic heterocycles. The zero-order valence-electron chi connectivity index (χ0n) is 14.7. The second-order valence-electron chi connectivity index (χ2n) is 6.27. The van der Waals surface area contributed by atoms with E-state index in [1.807, 2.05) is 30.3 Å². The number of amides is 1. The zero-order chi connectivity index (χ0) is 18.2. The molecule has 1 aromatic carbocycles. The molecule has 6 nitrogen and oxygen atoms in total. The molecule has 1 saturated heterocycles. The van der Waals surface area contributed by atoms with Crippen LogP contribution < -0.4 is 4.74 Å². The monoisotopic (exact) mass is 356 g/mol. The van der Waals surface area contributed by atoms with Gasteiger partial charge in [0.2, 0.25) is 5.88 Å². The lowest BCUT2D eigenvalue weighted by atomic mass is 10.1. The fourth-order valence-electron chi connectivity index (χ4n) is 2.98. The van der Waals surface area contributed by atoms with Crippen LogP contribution in [0.2, 0.25) is 0 Å². The van der Waals surface area contributed by atoms with Crippen LogP contribution in [0.4, 0.5) is 0 Å². The van der Waals surface area contributed by atoms with Crippen molar-refractivity contribution >= 4 is 5.91 Å². The summed E-state index contributed by atoms with van der Waals surface area (Å²) in [5, 5.41) is 8.87. The van der Waals surface area contributed by atoms with Gasteiger partial charge in [-0.3, -0.25) is 4.79 Å². The number of carbonyl (C=O) groups excluding carboxylic acids is 1. The number of likely N-dealkylation sites (tertiary alicyclic amines) is 1. The summed E-state index contributed by atoms with van der Waals surface area (Å²) in [4.78, 5) is 18.7. The third-order valence-corrected chi connectivity index (χ3v) is 4.32. The SMILES string of the molecule is O=C(c1ccc(OCc2ccccc2)nc1)N1CCCC(OCCO)C1. The standard InChI is InChI=1S/C20H24N2O4/c23-11-12-25-18-7-4-10-22(14-18)20(24)17-8-9-19(21-13-17)26-15-16-5-2-1-3-6-16/h1-3,5-6,8-9,13,18,23H,4,7,10-12,14-15H2. The van der Waals surface area contributed by atoms with Crippen molar-refractivity contribution in [3.63, 3.8) is 0 Å². The highest BCUT2D eigenvalue weighted by atomic mass is 16.5. The van der Waals surface area contributed by atoms with Crippen molar-refractivity contribution in [1.82, 2.24) is 9.88 Å². The van der Waals surface area contributed by atoms with E-state index in [2.05, 4.69) is 4.98 Å². The highest BCUT2D eigenvalue weighted by Crippen LogP contribution is 2.17. The Labute approximate surface area is 153 Å². The number of aliphatic hydroxyl groups is 1. The second kappa shape index (κ2) is 9.31. The maximum atomic E-state index is 12.6. The lowest BCUT2D eigenvalue weighted by Crippen LogP contribution is -2.43. The van der Waals surface area contributed by atoms with Gasteiger partial charge in [0, 0.05) is 25.4 Å². The van der Waals surface area contributed by atoms with Gasteiger partial charge in [-0.05, 0) is 24.5 Å². The second-order valence-corrected chi connectivity index (χ2v) is 6.27. The molecule has 1 aliphatic heterocycles. The van der Waals surface area contributed by atoms with Crippen molar-refractivity contribution in [3.8, 4) is 5.88 Å². The highest BCUT2D eigenvalue weighted by molar-refractivity contribution is 5.94. The number of ether oxygens (including phenoxy) is 2. The van der Waals surface area contributed by atoms with E-state index in [0.29, 0.717) is 37.7 Å². The van der Waals surface area contributed by atoms with E-state index in [1.165, 1.54) is 0 Å². The highest BCUT2D eigenvalue weighted by Gasteiger charge is 2.25. The van der Waals surface area contributed by atoms with Gasteiger partial charge in [0.15, 0.2) is 0 Å². The van der Waals surface area contributed by atoms with Gasteiger partial charge >= 0.3 is 0 Å². The maximum absolute atomic E-state index is 12.6. The summed E-state index contributed by atoms with van der Waals surface area (Å²) >= 11 is 0. The molecule has 6 heteroatoms. The number of hydrogen-bond acceptors (Lipinski definition) is 5. The first-order valence-electron chi connectivity index (χ1n) is 8.91. The van der Waals surface area contributed by atoms with Crippen LogP contribution in [-0.2, 0) is 11.3 Å². The van der Waals surface area contributed by atoms with Crippen LogP contribution in [0.15, 0.2) is 48.7 Å². The molecule has 2 heterocycles. The van der Waals surface area contributed by atoms with Crippen LogP contribution in [0.5, 0.6) is 5.88 Å². The van der Waals surface area contributed by atoms with Crippen molar-refractivity contribution in [2.45, 2.75) is 25.6 Å². The normalized spacial score (nSPS) is 17.1. The molecule has 1 atom stereocenters. The summed E-state index contributed by atoms with van der Waals surface area (Å²) in [7, 11) is 0. The van der Waals surface area contributed by atoms with Gasteiger partial charge in [-0.1, -0.05) is 30.3 Å². The van der Waals surface area contributed by atoms with Crippen LogP contribution >= 0.6 is 0 Å². The Hall–Kier alpha value is -2.44. The molecule has 1 fully saturated rings. The van der Waals surface area contributed by atoms with Gasteiger partial charge < -0.3 is 19.5 Å². The van der Waals surface area contributed by atoms with E-state index in [1.54, 1.807) is 23.2 Å². The molecular formula is C20H24N2O4. The Bertz CT molecular complexity index is 691. The van der Waals surface area contributed by atoms with Crippen molar-refractivity contribution in [2.24, 2.45) is 0 Å². The summed E-state index contributed by atoms with van der Waals surface area (Å²) in [6.07, 6.45) is 3.35. The summed E-state index contributed by atoms with van der Waals surface area (Å²) in [5.41, 5.74) is 1.61. The van der Waals surface area contributed by atoms with E-state index >= 15 is 0 Å². The van der Waals surface area contributed by atoms with Crippen molar-refractivity contribution in [2.75, 3.05) is 26.3 Å². The largest absolute Gasteiger partial charge is 0.473 e. The van der Waals surface area contributed by atoms with Gasteiger partial charge in [-0.25, -0.2) is 4.98 Å². The van der Waals surface area contributed by atoms with E-state index in [0.717, 1.165) is 18.4 Å². The van der Waals surface area contributed by atoms with E-state index in [4.69, 9.17) is 14.6 Å². The Balaban J connectivity index is 1.54. The van der Waals surface area contributed by atoms with Gasteiger partial charge in [-0.15, -0.1) is 0 Å². The molecule has 0 radical (unpaired) electrons. The average Bonchev–Trinajstić information content (AvgIpc) is 2.71. The fraction of sp³-hybridized carbons (Fsp3) is 0.400. The number of carbonyl (C=O) groups is 1. The van der Waals surface area contributed by atoms with Crippen LogP contribution in [0.25, 0.3) is 0 Å². The van der Waals surface area contributed by atoms with Crippen LogP contribution in [0, 0.1) is 0 Å². The minimum Gasteiger partial charge on any atom is -0.473 e. The summed E-state index contributed by atoms with van der Waals surface area (Å²) in [6, 6.07) is 13.3. The lowest BCUT2D eigenvalue weighted by Gasteiger charge is -2.32. The van der Waals surface area contributed by atoms with Gasteiger partial charge in [0.25, 0.3) is 5.91 Å². The molecule has 1 unspecified atom stereocenters. The smallest absolute Gasteiger partial charge is 0.255 e. The number of pyridine rings is 1. The van der Waals surface area contributed by atoms with Gasteiger partial charge in [0.05, 0.1) is 24.9 Å². The molecule has 0 bridgehead atoms. The first-order valence-corrected chi connectivity index (χ1v) is 8.91. The van der Waals surface area contributed by atoms with Crippen LogP contribution in [-0.4, -0.2) is 53.3 Å². The zero-order valence-corrected chi connectivity index (χ0v) is 14.7. The molecule has 0 saturated carbocycles. The molecule has 0 spiro atoms. The van der Waals surface area contributed by atoms with Crippen molar-refractivity contribution in [3.05, 3.63) is 59.8 Å². The Morgan fingerprint density at radius 2 is 2.08 bits per heavy atom. The van der Waals surface area contributed by atoms with Crippen LogP contribution in [0.3, 0.4) is 0 Å². The summed E-state index contributed by atoms with van der Waals surface area (Å²) in [5.74, 6) is 0.442. The number of aliphatic hydroxyl groups excluding tert-OH is 1. The molecule has 1 aliphatic rings. The van der Waals surface area contributed by atoms with Gasteiger partial charge in [0.1, 0.15) is 6.61 Å². The minimum absolute atomic E-state index is 0.00118. The Morgan fingerprint density at radius 1 is 1.23 bits per heavy atom. The molecule has 1 N–H and O–H groups in total. The predicted molar refractivity (Wildman–Crippen MR) is 97.0 cm³/mol. The Kier molecular flexibility index (Phi) is 6.57. The van der Waals surface area contributed by atoms with Crippen LogP contribution in [0.1, 0.15) is 28.8 Å². The molecule has 26 heavy (non-hydrogen) atoms. The quantitative estimate of drug-likeness (QED) is 0.824. The fourth-order valence-corrected chi connectivity index (χ4v) is 2.98. The molecule has 138 valence electrons. The topological polar surface area (TPSA) is 71.9 Å². The third kappa shape index (κ3) is 5.03. The molecule has 3 rings (SSSR count). The first-order chi connectivity index (χ1) is 12.8. The number of hydrogen-bond donors (Lipinski definition) is 1. The number of aromatic nitrogens is 1. The van der Waals surface area contributed by atoms with Crippen molar-refractivity contribution < 1.29 is 19.4 Å². The summed E-state index contributed by atoms with van der Waals surface area (Å²) in [6.45, 7) is 2.01. The molecule has 2 aromatic rings.